The Morgan fingerprint density at radius 3 is 2.71 bits per heavy atom. The van der Waals surface area contributed by atoms with Crippen LogP contribution in [0.25, 0.3) is 0 Å². The third-order valence-corrected chi connectivity index (χ3v) is 8.82. The van der Waals surface area contributed by atoms with E-state index in [1.54, 1.807) is 0 Å². The Balaban J connectivity index is 1.38. The molecular formula is C25H35NO2. The van der Waals surface area contributed by atoms with Crippen molar-refractivity contribution in [2.75, 3.05) is 0 Å². The van der Waals surface area contributed by atoms with E-state index in [0.717, 1.165) is 44.2 Å². The molecule has 0 unspecified atom stereocenters. The summed E-state index contributed by atoms with van der Waals surface area (Å²) in [6.07, 6.45) is 12.9. The summed E-state index contributed by atoms with van der Waals surface area (Å²) in [5, 5.41) is 14.3. The van der Waals surface area contributed by atoms with Crippen molar-refractivity contribution >= 4 is 5.78 Å². The Hall–Kier alpha value is -1.35. The van der Waals surface area contributed by atoms with Gasteiger partial charge >= 0.3 is 0 Å². The van der Waals surface area contributed by atoms with Gasteiger partial charge in [0.1, 0.15) is 11.5 Å². The number of aromatic hydroxyl groups is 1. The van der Waals surface area contributed by atoms with Gasteiger partial charge in [-0.25, -0.2) is 0 Å². The highest BCUT2D eigenvalue weighted by Crippen LogP contribution is 2.59. The van der Waals surface area contributed by atoms with E-state index >= 15 is 0 Å². The molecular weight excluding hydrogens is 346 g/mol. The van der Waals surface area contributed by atoms with Crippen molar-refractivity contribution in [1.29, 1.82) is 0 Å². The lowest BCUT2D eigenvalue weighted by atomic mass is 9.55. The smallest absolute Gasteiger partial charge is 0.139 e. The van der Waals surface area contributed by atoms with Crippen molar-refractivity contribution in [2.24, 2.45) is 17.3 Å². The quantitative estimate of drug-likeness (QED) is 0.753. The van der Waals surface area contributed by atoms with Crippen LogP contribution in [-0.4, -0.2) is 16.9 Å². The number of phenolic OH excluding ortho intramolecular Hbond substituents is 1. The van der Waals surface area contributed by atoms with Crippen molar-refractivity contribution in [3.05, 3.63) is 28.8 Å². The molecule has 0 heterocycles. The first-order valence-corrected chi connectivity index (χ1v) is 11.7. The molecule has 0 bridgehead atoms. The lowest BCUT2D eigenvalue weighted by molar-refractivity contribution is -0.129. The molecule has 3 saturated carbocycles. The molecule has 4 aliphatic rings. The van der Waals surface area contributed by atoms with Gasteiger partial charge in [0, 0.05) is 30.0 Å². The Kier molecular flexibility index (Phi) is 4.77. The molecule has 0 amide bonds. The fourth-order valence-electron chi connectivity index (χ4n) is 7.13. The average Bonchev–Trinajstić information content (AvgIpc) is 3.02. The molecule has 0 spiro atoms. The van der Waals surface area contributed by atoms with E-state index in [4.69, 9.17) is 0 Å². The molecule has 1 aromatic rings. The summed E-state index contributed by atoms with van der Waals surface area (Å²) in [7, 11) is 0. The largest absolute Gasteiger partial charge is 0.508 e. The van der Waals surface area contributed by atoms with Crippen LogP contribution in [-0.2, 0) is 17.8 Å². The van der Waals surface area contributed by atoms with Crippen LogP contribution in [0, 0.1) is 17.3 Å². The first-order valence-electron chi connectivity index (χ1n) is 11.7. The molecule has 4 atom stereocenters. The zero-order valence-corrected chi connectivity index (χ0v) is 17.3. The van der Waals surface area contributed by atoms with E-state index in [-0.39, 0.29) is 5.41 Å². The topological polar surface area (TPSA) is 49.3 Å². The Morgan fingerprint density at radius 2 is 1.89 bits per heavy atom. The highest BCUT2D eigenvalue weighted by atomic mass is 16.3. The zero-order chi connectivity index (χ0) is 19.3. The minimum absolute atomic E-state index is 0.0546. The van der Waals surface area contributed by atoms with Crippen molar-refractivity contribution < 1.29 is 9.90 Å². The van der Waals surface area contributed by atoms with E-state index in [0.29, 0.717) is 35.3 Å². The van der Waals surface area contributed by atoms with E-state index < -0.39 is 0 Å². The van der Waals surface area contributed by atoms with Crippen molar-refractivity contribution in [2.45, 2.75) is 96.1 Å². The van der Waals surface area contributed by atoms with Crippen LogP contribution in [0.3, 0.4) is 0 Å². The SMILES string of the molecule is C[C@]12CC[C@@H]3c4cc(CNC5CCCCC5)c(O)cc4CC[C@H]3[C@@H]1CCC2=O. The van der Waals surface area contributed by atoms with Crippen LogP contribution in [0.15, 0.2) is 12.1 Å². The number of nitrogens with one attached hydrogen (secondary N) is 1. The molecule has 3 nitrogen and oxygen atoms in total. The van der Waals surface area contributed by atoms with Crippen LogP contribution in [0.2, 0.25) is 0 Å². The number of rotatable bonds is 3. The summed E-state index contributed by atoms with van der Waals surface area (Å²) in [5.41, 5.74) is 3.85. The lowest BCUT2D eigenvalue weighted by Gasteiger charge is -2.48. The van der Waals surface area contributed by atoms with Crippen molar-refractivity contribution in [1.82, 2.24) is 5.32 Å². The number of fused-ring (bicyclic) bond motifs is 5. The minimum atomic E-state index is -0.0546. The highest BCUT2D eigenvalue weighted by Gasteiger charge is 2.54. The molecule has 1 aromatic carbocycles. The van der Waals surface area contributed by atoms with Gasteiger partial charge in [-0.05, 0) is 79.9 Å². The molecule has 3 fully saturated rings. The van der Waals surface area contributed by atoms with Crippen LogP contribution < -0.4 is 5.32 Å². The molecule has 4 aliphatic carbocycles. The summed E-state index contributed by atoms with van der Waals surface area (Å²) in [4.78, 5) is 12.5. The first-order chi connectivity index (χ1) is 13.6. The number of benzene rings is 1. The molecule has 3 heteroatoms. The number of ketones is 1. The average molecular weight is 382 g/mol. The molecule has 152 valence electrons. The standard InChI is InChI=1S/C25H35NO2/c1-25-12-11-19-20(22(25)9-10-24(25)28)8-7-16-14-23(27)17(13-21(16)19)15-26-18-5-3-2-4-6-18/h13-14,18-20,22,26-27H,2-12,15H2,1H3/t19-,20+,22-,25-/m0/s1. The van der Waals surface area contributed by atoms with E-state index in [1.165, 1.54) is 49.7 Å². The molecule has 28 heavy (non-hydrogen) atoms. The Bertz CT molecular complexity index is 766. The predicted octanol–water partition coefficient (Wildman–Crippen LogP) is 5.24. The second kappa shape index (κ2) is 7.16. The molecule has 2 N–H and O–H groups in total. The maximum atomic E-state index is 12.5. The van der Waals surface area contributed by atoms with Gasteiger partial charge in [-0.15, -0.1) is 0 Å². The Morgan fingerprint density at radius 1 is 1.07 bits per heavy atom. The summed E-state index contributed by atoms with van der Waals surface area (Å²) >= 11 is 0. The third-order valence-electron chi connectivity index (χ3n) is 8.82. The highest BCUT2D eigenvalue weighted by molar-refractivity contribution is 5.87. The summed E-state index contributed by atoms with van der Waals surface area (Å²) < 4.78 is 0. The molecule has 0 saturated heterocycles. The Labute approximate surface area is 169 Å². The molecule has 5 rings (SSSR count). The van der Waals surface area contributed by atoms with Gasteiger partial charge in [0.2, 0.25) is 0 Å². The monoisotopic (exact) mass is 381 g/mol. The van der Waals surface area contributed by atoms with Crippen molar-refractivity contribution in [3.63, 3.8) is 0 Å². The second-order valence-electron chi connectivity index (χ2n) is 10.2. The maximum Gasteiger partial charge on any atom is 0.139 e. The second-order valence-corrected chi connectivity index (χ2v) is 10.2. The van der Waals surface area contributed by atoms with Gasteiger partial charge in [-0.1, -0.05) is 32.3 Å². The van der Waals surface area contributed by atoms with Gasteiger partial charge in [0.05, 0.1) is 0 Å². The molecule has 0 aliphatic heterocycles. The molecule has 0 radical (unpaired) electrons. The van der Waals surface area contributed by atoms with Crippen LogP contribution in [0.1, 0.15) is 93.7 Å². The lowest BCUT2D eigenvalue weighted by Crippen LogP contribution is -2.42. The number of phenols is 1. The number of aryl methyl sites for hydroxylation is 1. The van der Waals surface area contributed by atoms with Crippen molar-refractivity contribution in [3.8, 4) is 5.75 Å². The fraction of sp³-hybridized carbons (Fsp3) is 0.720. The van der Waals surface area contributed by atoms with Gasteiger partial charge in [0.15, 0.2) is 0 Å². The maximum absolute atomic E-state index is 12.5. The summed E-state index contributed by atoms with van der Waals surface area (Å²) in [5.74, 6) is 2.80. The number of hydrogen-bond donors (Lipinski definition) is 2. The summed E-state index contributed by atoms with van der Waals surface area (Å²) in [6.45, 7) is 3.02. The number of carbonyl (C=O) groups is 1. The first kappa shape index (κ1) is 18.7. The van der Waals surface area contributed by atoms with E-state index in [1.807, 2.05) is 0 Å². The minimum Gasteiger partial charge on any atom is -0.508 e. The van der Waals surface area contributed by atoms with Gasteiger partial charge in [-0.3, -0.25) is 4.79 Å². The van der Waals surface area contributed by atoms with Gasteiger partial charge in [-0.2, -0.15) is 0 Å². The number of Topliss-reactive ketones (excluding diaryl/α,β-unsaturated/α-hetero) is 1. The van der Waals surface area contributed by atoms with Crippen LogP contribution in [0.4, 0.5) is 0 Å². The van der Waals surface area contributed by atoms with E-state index in [9.17, 15) is 9.90 Å². The number of carbonyl (C=O) groups excluding carboxylic acids is 1. The van der Waals surface area contributed by atoms with Gasteiger partial charge < -0.3 is 10.4 Å². The van der Waals surface area contributed by atoms with E-state index in [2.05, 4.69) is 24.4 Å². The molecule has 0 aromatic heterocycles. The zero-order valence-electron chi connectivity index (χ0n) is 17.3. The normalized spacial score (nSPS) is 35.3. The number of hydrogen-bond acceptors (Lipinski definition) is 3. The van der Waals surface area contributed by atoms with Gasteiger partial charge in [0.25, 0.3) is 0 Å². The summed E-state index contributed by atoms with van der Waals surface area (Å²) in [6, 6.07) is 4.98. The van der Waals surface area contributed by atoms with Crippen LogP contribution in [0.5, 0.6) is 5.75 Å². The fourth-order valence-corrected chi connectivity index (χ4v) is 7.13. The van der Waals surface area contributed by atoms with Crippen LogP contribution >= 0.6 is 0 Å². The third kappa shape index (κ3) is 3.01. The predicted molar refractivity (Wildman–Crippen MR) is 111 cm³/mol.